The fraction of sp³-hybridized carbons (Fsp3) is 0.444. The van der Waals surface area contributed by atoms with Crippen LogP contribution in [0.5, 0.6) is 0 Å². The Kier molecular flexibility index (Phi) is 4.91. The Labute approximate surface area is 157 Å². The quantitative estimate of drug-likeness (QED) is 0.716. The van der Waals surface area contributed by atoms with Gasteiger partial charge in [-0.1, -0.05) is 0 Å². The normalized spacial score (nSPS) is 17.9. The molecular formula is C18H22N6O3. The van der Waals surface area contributed by atoms with Crippen LogP contribution in [0.4, 0.5) is 11.8 Å². The highest BCUT2D eigenvalue weighted by atomic mass is 16.3. The van der Waals surface area contributed by atoms with E-state index in [1.165, 1.54) is 6.26 Å². The largest absolute Gasteiger partial charge is 0.459 e. The molecule has 2 amide bonds. The summed E-state index contributed by atoms with van der Waals surface area (Å²) < 4.78 is 5.20. The molecule has 2 aliphatic rings. The highest BCUT2D eigenvalue weighted by Crippen LogP contribution is 2.18. The van der Waals surface area contributed by atoms with Crippen LogP contribution in [-0.4, -0.2) is 84.4 Å². The highest BCUT2D eigenvalue weighted by Gasteiger charge is 2.25. The van der Waals surface area contributed by atoms with Crippen LogP contribution in [0.25, 0.3) is 0 Å². The molecule has 0 aliphatic carbocycles. The summed E-state index contributed by atoms with van der Waals surface area (Å²) in [6, 6.07) is 5.31. The van der Waals surface area contributed by atoms with Crippen LogP contribution in [0.15, 0.2) is 35.1 Å². The molecule has 0 atom stereocenters. The Hall–Kier alpha value is -3.10. The fourth-order valence-electron chi connectivity index (χ4n) is 3.39. The van der Waals surface area contributed by atoms with Crippen LogP contribution in [0.1, 0.15) is 10.6 Å². The van der Waals surface area contributed by atoms with Crippen molar-refractivity contribution in [2.24, 2.45) is 0 Å². The number of carbonyl (C=O) groups excluding carboxylic acids is 2. The van der Waals surface area contributed by atoms with E-state index in [0.29, 0.717) is 51.0 Å². The number of rotatable bonds is 4. The second-order valence-electron chi connectivity index (χ2n) is 6.60. The highest BCUT2D eigenvalue weighted by molar-refractivity contribution is 5.91. The Morgan fingerprint density at radius 3 is 2.41 bits per heavy atom. The summed E-state index contributed by atoms with van der Waals surface area (Å²) in [7, 11) is 0. The van der Waals surface area contributed by atoms with Crippen molar-refractivity contribution in [1.82, 2.24) is 19.8 Å². The Bertz CT molecular complexity index is 780. The minimum atomic E-state index is -0.0731. The minimum Gasteiger partial charge on any atom is -0.459 e. The zero-order chi connectivity index (χ0) is 18.6. The van der Waals surface area contributed by atoms with Crippen LogP contribution in [0, 0.1) is 0 Å². The molecule has 2 aromatic heterocycles. The average molecular weight is 370 g/mol. The summed E-state index contributed by atoms with van der Waals surface area (Å²) >= 11 is 0. The molecule has 27 heavy (non-hydrogen) atoms. The van der Waals surface area contributed by atoms with E-state index in [0.717, 1.165) is 25.3 Å². The zero-order valence-corrected chi connectivity index (χ0v) is 15.0. The SMILES string of the molecule is O=CN1CCN(c2nccc(N3CCN(C(=O)c4ccco4)CC3)n2)CC1. The number of anilines is 2. The summed E-state index contributed by atoms with van der Waals surface area (Å²) in [4.78, 5) is 40.1. The smallest absolute Gasteiger partial charge is 0.289 e. The summed E-state index contributed by atoms with van der Waals surface area (Å²) in [5, 5.41) is 0. The molecule has 4 rings (SSSR count). The third kappa shape index (κ3) is 3.71. The minimum absolute atomic E-state index is 0.0731. The van der Waals surface area contributed by atoms with Gasteiger partial charge in [-0.05, 0) is 18.2 Å². The van der Waals surface area contributed by atoms with Gasteiger partial charge in [0.2, 0.25) is 12.4 Å². The summed E-state index contributed by atoms with van der Waals surface area (Å²) in [6.07, 6.45) is 4.17. The van der Waals surface area contributed by atoms with E-state index in [1.54, 1.807) is 28.1 Å². The third-order valence-corrected chi connectivity index (χ3v) is 5.00. The number of hydrogen-bond donors (Lipinski definition) is 0. The molecule has 2 aromatic rings. The van der Waals surface area contributed by atoms with E-state index in [-0.39, 0.29) is 5.91 Å². The number of nitrogens with zero attached hydrogens (tertiary/aromatic N) is 6. The lowest BCUT2D eigenvalue weighted by molar-refractivity contribution is -0.118. The van der Waals surface area contributed by atoms with Crippen molar-refractivity contribution in [1.29, 1.82) is 0 Å². The van der Waals surface area contributed by atoms with Gasteiger partial charge < -0.3 is 24.0 Å². The van der Waals surface area contributed by atoms with Crippen LogP contribution in [-0.2, 0) is 4.79 Å². The van der Waals surface area contributed by atoms with E-state index in [1.807, 2.05) is 6.07 Å². The Morgan fingerprint density at radius 2 is 1.74 bits per heavy atom. The monoisotopic (exact) mass is 370 g/mol. The van der Waals surface area contributed by atoms with Crippen LogP contribution in [0.3, 0.4) is 0 Å². The summed E-state index contributed by atoms with van der Waals surface area (Å²) in [5.41, 5.74) is 0. The van der Waals surface area contributed by atoms with Gasteiger partial charge in [0.05, 0.1) is 6.26 Å². The molecule has 0 spiro atoms. The maximum atomic E-state index is 12.4. The van der Waals surface area contributed by atoms with Crippen molar-refractivity contribution in [2.75, 3.05) is 62.2 Å². The van der Waals surface area contributed by atoms with Crippen molar-refractivity contribution < 1.29 is 14.0 Å². The second-order valence-corrected chi connectivity index (χ2v) is 6.60. The van der Waals surface area contributed by atoms with Gasteiger partial charge in [-0.15, -0.1) is 0 Å². The van der Waals surface area contributed by atoms with Crippen LogP contribution >= 0.6 is 0 Å². The van der Waals surface area contributed by atoms with Crippen molar-refractivity contribution in [3.63, 3.8) is 0 Å². The molecule has 0 bridgehead atoms. The number of amides is 2. The average Bonchev–Trinajstić information content (AvgIpc) is 3.28. The van der Waals surface area contributed by atoms with Gasteiger partial charge in [0.15, 0.2) is 5.76 Å². The molecule has 4 heterocycles. The lowest BCUT2D eigenvalue weighted by Crippen LogP contribution is -2.49. The third-order valence-electron chi connectivity index (χ3n) is 5.00. The number of furan rings is 1. The van der Waals surface area contributed by atoms with Gasteiger partial charge in [-0.3, -0.25) is 9.59 Å². The van der Waals surface area contributed by atoms with Gasteiger partial charge in [-0.2, -0.15) is 4.98 Å². The van der Waals surface area contributed by atoms with Crippen LogP contribution < -0.4 is 9.80 Å². The van der Waals surface area contributed by atoms with Crippen LogP contribution in [0.2, 0.25) is 0 Å². The predicted octanol–water partition coefficient (Wildman–Crippen LogP) is 0.310. The molecule has 0 saturated carbocycles. The van der Waals surface area contributed by atoms with E-state index in [4.69, 9.17) is 9.40 Å². The zero-order valence-electron chi connectivity index (χ0n) is 15.0. The maximum absolute atomic E-state index is 12.4. The topological polar surface area (TPSA) is 86.0 Å². The lowest BCUT2D eigenvalue weighted by Gasteiger charge is -2.36. The van der Waals surface area contributed by atoms with E-state index >= 15 is 0 Å². The van der Waals surface area contributed by atoms with Crippen molar-refractivity contribution in [3.8, 4) is 0 Å². The number of hydrogen-bond acceptors (Lipinski definition) is 7. The molecular weight excluding hydrogens is 348 g/mol. The fourth-order valence-corrected chi connectivity index (χ4v) is 3.39. The molecule has 9 nitrogen and oxygen atoms in total. The lowest BCUT2D eigenvalue weighted by atomic mass is 10.3. The molecule has 2 aliphatic heterocycles. The van der Waals surface area contributed by atoms with Gasteiger partial charge in [0.1, 0.15) is 5.82 Å². The molecule has 9 heteroatoms. The van der Waals surface area contributed by atoms with Gasteiger partial charge in [-0.25, -0.2) is 4.98 Å². The van der Waals surface area contributed by atoms with Gasteiger partial charge in [0, 0.05) is 58.6 Å². The van der Waals surface area contributed by atoms with E-state index < -0.39 is 0 Å². The van der Waals surface area contributed by atoms with E-state index in [9.17, 15) is 9.59 Å². The molecule has 2 saturated heterocycles. The predicted molar refractivity (Wildman–Crippen MR) is 98.7 cm³/mol. The number of aromatic nitrogens is 2. The molecule has 142 valence electrons. The maximum Gasteiger partial charge on any atom is 0.289 e. The first-order valence-corrected chi connectivity index (χ1v) is 9.09. The van der Waals surface area contributed by atoms with Crippen molar-refractivity contribution in [3.05, 3.63) is 36.4 Å². The van der Waals surface area contributed by atoms with Crippen molar-refractivity contribution in [2.45, 2.75) is 0 Å². The number of piperazine rings is 2. The number of carbonyl (C=O) groups is 2. The van der Waals surface area contributed by atoms with E-state index in [2.05, 4.69) is 14.8 Å². The second kappa shape index (κ2) is 7.65. The van der Waals surface area contributed by atoms with Crippen molar-refractivity contribution >= 4 is 24.1 Å². The summed E-state index contributed by atoms with van der Waals surface area (Å²) in [5.74, 6) is 1.85. The standard InChI is InChI=1S/C18H22N6O3/c25-14-21-5-7-24(8-6-21)18-19-4-3-16(20-18)22-9-11-23(12-10-22)17(26)15-2-1-13-27-15/h1-4,13-14H,5-12H2. The van der Waals surface area contributed by atoms with Gasteiger partial charge >= 0.3 is 0 Å². The molecule has 0 unspecified atom stereocenters. The Balaban J connectivity index is 1.37. The first-order valence-electron chi connectivity index (χ1n) is 9.09. The molecule has 0 aromatic carbocycles. The molecule has 0 N–H and O–H groups in total. The Morgan fingerprint density at radius 1 is 1.00 bits per heavy atom. The molecule has 0 radical (unpaired) electrons. The first-order chi connectivity index (χ1) is 13.2. The molecule has 2 fully saturated rings. The summed E-state index contributed by atoms with van der Waals surface area (Å²) in [6.45, 7) is 5.49. The first kappa shape index (κ1) is 17.3. The van der Waals surface area contributed by atoms with Gasteiger partial charge in [0.25, 0.3) is 5.91 Å².